The lowest BCUT2D eigenvalue weighted by Crippen LogP contribution is -2.43. The maximum Gasteiger partial charge on any atom is 0.272 e. The zero-order chi connectivity index (χ0) is 20.4. The second kappa shape index (κ2) is 8.18. The predicted octanol–water partition coefficient (Wildman–Crippen LogP) is 1.90. The van der Waals surface area contributed by atoms with Gasteiger partial charge in [0.1, 0.15) is 11.7 Å². The molecule has 1 aromatic heterocycles. The standard InChI is InChI=1S/C22H25N5O2/c1-25(22(29)20-9-8-16-5-2-3-7-19(16)24-20)18-10-12-26(14-18)15-21(28)27-11-4-6-17(27)13-23/h2-3,5,7-9,17-18H,4,6,10-12,14-15H2,1H3/t17-,18+/m0/s1. The SMILES string of the molecule is CN(C(=O)c1ccc2ccccc2n1)[C@@H]1CCN(CC(=O)N2CCC[C@H]2C#N)C1. The number of nitrogens with zero attached hydrogens (tertiary/aromatic N) is 5. The number of amides is 2. The molecular formula is C22H25N5O2. The number of fused-ring (bicyclic) bond motifs is 1. The maximum atomic E-state index is 12.9. The van der Waals surface area contributed by atoms with Crippen molar-refractivity contribution in [2.45, 2.75) is 31.3 Å². The van der Waals surface area contributed by atoms with Crippen molar-refractivity contribution in [3.63, 3.8) is 0 Å². The third kappa shape index (κ3) is 3.94. The molecule has 0 radical (unpaired) electrons. The highest BCUT2D eigenvalue weighted by atomic mass is 16.2. The molecule has 2 aliphatic rings. The third-order valence-electron chi connectivity index (χ3n) is 6.01. The molecule has 7 nitrogen and oxygen atoms in total. The lowest BCUT2D eigenvalue weighted by molar-refractivity contribution is -0.132. The molecule has 2 amide bonds. The van der Waals surface area contributed by atoms with E-state index >= 15 is 0 Å². The quantitative estimate of drug-likeness (QED) is 0.795. The van der Waals surface area contributed by atoms with E-state index in [1.165, 1.54) is 0 Å². The van der Waals surface area contributed by atoms with Crippen LogP contribution in [0.3, 0.4) is 0 Å². The fraction of sp³-hybridized carbons (Fsp3) is 0.455. The van der Waals surface area contributed by atoms with Crippen LogP contribution in [0.2, 0.25) is 0 Å². The molecular weight excluding hydrogens is 366 g/mol. The number of carbonyl (C=O) groups excluding carboxylic acids is 2. The van der Waals surface area contributed by atoms with Crippen molar-refractivity contribution in [1.82, 2.24) is 19.7 Å². The molecule has 4 rings (SSSR count). The minimum absolute atomic E-state index is 0.0138. The number of nitriles is 1. The first-order chi connectivity index (χ1) is 14.1. The number of benzene rings is 1. The van der Waals surface area contributed by atoms with Crippen LogP contribution >= 0.6 is 0 Å². The molecule has 2 saturated heterocycles. The molecule has 1 aromatic carbocycles. The number of pyridine rings is 1. The summed E-state index contributed by atoms with van der Waals surface area (Å²) in [6, 6.07) is 13.4. The molecule has 29 heavy (non-hydrogen) atoms. The van der Waals surface area contributed by atoms with Crippen LogP contribution in [0.5, 0.6) is 0 Å². The molecule has 0 unspecified atom stereocenters. The highest BCUT2D eigenvalue weighted by Gasteiger charge is 2.33. The molecule has 2 aromatic rings. The van der Waals surface area contributed by atoms with Crippen LogP contribution in [-0.4, -0.2) is 76.8 Å². The van der Waals surface area contributed by atoms with Crippen LogP contribution in [0.25, 0.3) is 10.9 Å². The predicted molar refractivity (Wildman–Crippen MR) is 109 cm³/mol. The number of rotatable bonds is 4. The van der Waals surface area contributed by atoms with Crippen molar-refractivity contribution < 1.29 is 9.59 Å². The van der Waals surface area contributed by atoms with Crippen LogP contribution in [-0.2, 0) is 4.79 Å². The van der Waals surface area contributed by atoms with E-state index in [0.29, 0.717) is 25.3 Å². The van der Waals surface area contributed by atoms with Gasteiger partial charge in [0.25, 0.3) is 5.91 Å². The summed E-state index contributed by atoms with van der Waals surface area (Å²) in [6.07, 6.45) is 2.48. The Kier molecular flexibility index (Phi) is 5.45. The molecule has 2 atom stereocenters. The van der Waals surface area contributed by atoms with Gasteiger partial charge >= 0.3 is 0 Å². The molecule has 2 fully saturated rings. The van der Waals surface area contributed by atoms with Crippen molar-refractivity contribution in [2.75, 3.05) is 33.2 Å². The van der Waals surface area contributed by atoms with Gasteiger partial charge in [-0.25, -0.2) is 4.98 Å². The molecule has 0 aliphatic carbocycles. The molecule has 0 saturated carbocycles. The molecule has 0 N–H and O–H groups in total. The number of likely N-dealkylation sites (N-methyl/N-ethyl adjacent to an activating group) is 1. The van der Waals surface area contributed by atoms with Crippen LogP contribution in [0, 0.1) is 11.3 Å². The van der Waals surface area contributed by atoms with Crippen LogP contribution in [0.15, 0.2) is 36.4 Å². The van der Waals surface area contributed by atoms with E-state index in [0.717, 1.165) is 36.7 Å². The average Bonchev–Trinajstić information content (AvgIpc) is 3.41. The lowest BCUT2D eigenvalue weighted by atomic mass is 10.1. The Bertz CT molecular complexity index is 969. The van der Waals surface area contributed by atoms with E-state index in [4.69, 9.17) is 0 Å². The van der Waals surface area contributed by atoms with Crippen molar-refractivity contribution >= 4 is 22.7 Å². The first-order valence-electron chi connectivity index (χ1n) is 10.1. The smallest absolute Gasteiger partial charge is 0.272 e. The second-order valence-electron chi connectivity index (χ2n) is 7.86. The molecule has 2 aliphatic heterocycles. The fourth-order valence-corrected chi connectivity index (χ4v) is 4.29. The van der Waals surface area contributed by atoms with E-state index < -0.39 is 0 Å². The third-order valence-corrected chi connectivity index (χ3v) is 6.01. The van der Waals surface area contributed by atoms with Crippen molar-refractivity contribution in [1.29, 1.82) is 5.26 Å². The number of hydrogen-bond donors (Lipinski definition) is 0. The zero-order valence-electron chi connectivity index (χ0n) is 16.6. The van der Waals surface area contributed by atoms with Gasteiger partial charge < -0.3 is 9.80 Å². The highest BCUT2D eigenvalue weighted by molar-refractivity contribution is 5.95. The van der Waals surface area contributed by atoms with E-state index in [-0.39, 0.29) is 23.9 Å². The summed E-state index contributed by atoms with van der Waals surface area (Å²) in [6.45, 7) is 2.40. The Morgan fingerprint density at radius 1 is 1.21 bits per heavy atom. The number of hydrogen-bond acceptors (Lipinski definition) is 5. The largest absolute Gasteiger partial charge is 0.336 e. The second-order valence-corrected chi connectivity index (χ2v) is 7.86. The first-order valence-corrected chi connectivity index (χ1v) is 10.1. The van der Waals surface area contributed by atoms with Gasteiger partial charge in [-0.1, -0.05) is 24.3 Å². The molecule has 150 valence electrons. The van der Waals surface area contributed by atoms with Crippen LogP contribution < -0.4 is 0 Å². The van der Waals surface area contributed by atoms with Gasteiger partial charge in [0, 0.05) is 38.1 Å². The van der Waals surface area contributed by atoms with Gasteiger partial charge in [0.05, 0.1) is 18.1 Å². The number of aromatic nitrogens is 1. The van der Waals surface area contributed by atoms with E-state index in [9.17, 15) is 14.9 Å². The van der Waals surface area contributed by atoms with Gasteiger partial charge in [-0.2, -0.15) is 5.26 Å². The van der Waals surface area contributed by atoms with Gasteiger partial charge in [0.2, 0.25) is 5.91 Å². The number of para-hydroxylation sites is 1. The summed E-state index contributed by atoms with van der Waals surface area (Å²) in [7, 11) is 1.81. The first kappa shape index (κ1) is 19.3. The van der Waals surface area contributed by atoms with Gasteiger partial charge in [0.15, 0.2) is 0 Å². The Morgan fingerprint density at radius 2 is 2.03 bits per heavy atom. The van der Waals surface area contributed by atoms with Crippen molar-refractivity contribution in [2.24, 2.45) is 0 Å². The van der Waals surface area contributed by atoms with E-state index in [1.54, 1.807) is 22.9 Å². The summed E-state index contributed by atoms with van der Waals surface area (Å²) in [5.74, 6) is -0.0853. The Balaban J connectivity index is 1.37. The molecule has 0 spiro atoms. The van der Waals surface area contributed by atoms with E-state index in [2.05, 4.69) is 16.0 Å². The normalized spacial score (nSPS) is 22.0. The summed E-state index contributed by atoms with van der Waals surface area (Å²) >= 11 is 0. The average molecular weight is 391 g/mol. The molecule has 3 heterocycles. The minimum atomic E-state index is -0.288. The topological polar surface area (TPSA) is 80.5 Å². The highest BCUT2D eigenvalue weighted by Crippen LogP contribution is 2.20. The van der Waals surface area contributed by atoms with Crippen LogP contribution in [0.1, 0.15) is 29.8 Å². The zero-order valence-corrected chi connectivity index (χ0v) is 16.6. The maximum absolute atomic E-state index is 12.9. The number of likely N-dealkylation sites (tertiary alicyclic amines) is 2. The summed E-state index contributed by atoms with van der Waals surface area (Å²) in [5.41, 5.74) is 1.25. The minimum Gasteiger partial charge on any atom is -0.336 e. The Hall–Kier alpha value is -2.98. The van der Waals surface area contributed by atoms with Crippen molar-refractivity contribution in [3.05, 3.63) is 42.1 Å². The molecule has 7 heteroatoms. The fourth-order valence-electron chi connectivity index (χ4n) is 4.29. The molecule has 0 bridgehead atoms. The Morgan fingerprint density at radius 3 is 2.86 bits per heavy atom. The number of carbonyl (C=O) groups is 2. The van der Waals surface area contributed by atoms with Gasteiger partial charge in [-0.05, 0) is 31.4 Å². The van der Waals surface area contributed by atoms with E-state index in [1.807, 2.05) is 30.3 Å². The van der Waals surface area contributed by atoms with Gasteiger partial charge in [-0.15, -0.1) is 0 Å². The monoisotopic (exact) mass is 391 g/mol. The lowest BCUT2D eigenvalue weighted by Gasteiger charge is -2.26. The van der Waals surface area contributed by atoms with Crippen LogP contribution in [0.4, 0.5) is 0 Å². The van der Waals surface area contributed by atoms with Crippen molar-refractivity contribution in [3.8, 4) is 6.07 Å². The summed E-state index contributed by atoms with van der Waals surface area (Å²) < 4.78 is 0. The summed E-state index contributed by atoms with van der Waals surface area (Å²) in [5, 5.41) is 10.2. The van der Waals surface area contributed by atoms with Gasteiger partial charge in [-0.3, -0.25) is 14.5 Å². The Labute approximate surface area is 170 Å². The summed E-state index contributed by atoms with van der Waals surface area (Å²) in [4.78, 5) is 35.5.